The van der Waals surface area contributed by atoms with Gasteiger partial charge in [0, 0.05) is 30.4 Å². The summed E-state index contributed by atoms with van der Waals surface area (Å²) in [6.45, 7) is 1.08. The fraction of sp³-hybridized carbons (Fsp3) is 0.583. The summed E-state index contributed by atoms with van der Waals surface area (Å²) in [6.07, 6.45) is 13.2. The normalized spacial score (nSPS) is 32.9. The molecule has 1 aromatic carbocycles. The van der Waals surface area contributed by atoms with Gasteiger partial charge in [0.1, 0.15) is 5.82 Å². The van der Waals surface area contributed by atoms with Crippen molar-refractivity contribution in [2.75, 3.05) is 5.32 Å². The Kier molecular flexibility index (Phi) is 3.72. The molecule has 4 heteroatoms. The minimum atomic E-state index is -0.0870. The number of carbonyl (C=O) groups excluding carboxylic acids is 1. The summed E-state index contributed by atoms with van der Waals surface area (Å²) in [5.41, 5.74) is 3.02. The molecule has 1 aliphatic heterocycles. The molecule has 0 radical (unpaired) electrons. The summed E-state index contributed by atoms with van der Waals surface area (Å²) in [5, 5.41) is 3.26. The third kappa shape index (κ3) is 2.72. The predicted octanol–water partition coefficient (Wildman–Crippen LogP) is 5.04. The molecule has 4 fully saturated rings. The molecule has 146 valence electrons. The largest absolute Gasteiger partial charge is 0.334 e. The number of imidazole rings is 1. The minimum absolute atomic E-state index is 0.0870. The number of benzene rings is 1. The van der Waals surface area contributed by atoms with Gasteiger partial charge in [0.05, 0.1) is 11.1 Å². The molecule has 4 bridgehead atoms. The Morgan fingerprint density at radius 2 is 1.68 bits per heavy atom. The van der Waals surface area contributed by atoms with Crippen LogP contribution in [0.5, 0.6) is 0 Å². The number of amides is 1. The molecule has 4 aliphatic carbocycles. The van der Waals surface area contributed by atoms with E-state index in [1.807, 2.05) is 12.1 Å². The minimum Gasteiger partial charge on any atom is -0.334 e. The fourth-order valence-corrected chi connectivity index (χ4v) is 6.93. The van der Waals surface area contributed by atoms with Gasteiger partial charge in [0.2, 0.25) is 5.91 Å². The van der Waals surface area contributed by atoms with E-state index in [2.05, 4.69) is 28.2 Å². The number of aryl methyl sites for hydroxylation is 2. The Morgan fingerprint density at radius 1 is 1.00 bits per heavy atom. The molecule has 7 rings (SSSR count). The topological polar surface area (TPSA) is 46.9 Å². The van der Waals surface area contributed by atoms with Crippen LogP contribution >= 0.6 is 0 Å². The van der Waals surface area contributed by atoms with Crippen LogP contribution in [0.15, 0.2) is 30.5 Å². The Bertz CT molecular complexity index is 852. The van der Waals surface area contributed by atoms with Crippen molar-refractivity contribution < 1.29 is 4.79 Å². The lowest BCUT2D eigenvalue weighted by atomic mass is 9.49. The van der Waals surface area contributed by atoms with Crippen molar-refractivity contribution in [3.8, 4) is 11.3 Å². The molecule has 4 saturated carbocycles. The lowest BCUT2D eigenvalue weighted by Gasteiger charge is -2.55. The van der Waals surface area contributed by atoms with Gasteiger partial charge in [-0.3, -0.25) is 4.79 Å². The van der Waals surface area contributed by atoms with Gasteiger partial charge >= 0.3 is 0 Å². The van der Waals surface area contributed by atoms with Crippen LogP contribution in [0, 0.1) is 23.2 Å². The van der Waals surface area contributed by atoms with Crippen molar-refractivity contribution in [2.24, 2.45) is 23.2 Å². The summed E-state index contributed by atoms with van der Waals surface area (Å²) in [4.78, 5) is 18.0. The number of fused-ring (bicyclic) bond motifs is 1. The standard InChI is InChI=1S/C24H29N3O/c28-23(24-12-16-9-17(13-24)11-18(10-16)14-24)25-20-6-4-19(5-7-20)21-15-27-8-2-1-3-22(27)26-21/h4-7,15-18H,1-3,8-14H2,(H,25,28). The SMILES string of the molecule is O=C(Nc1ccc(-c2cn3c(n2)CCCC3)cc1)C12CC3CC(CC(C3)C1)C2. The smallest absolute Gasteiger partial charge is 0.230 e. The lowest BCUT2D eigenvalue weighted by Crippen LogP contribution is -2.51. The summed E-state index contributed by atoms with van der Waals surface area (Å²) in [7, 11) is 0. The zero-order valence-electron chi connectivity index (χ0n) is 16.5. The molecule has 2 aromatic rings. The molecule has 2 heterocycles. The Balaban J connectivity index is 1.19. The van der Waals surface area contributed by atoms with E-state index >= 15 is 0 Å². The van der Waals surface area contributed by atoms with Gasteiger partial charge < -0.3 is 9.88 Å². The van der Waals surface area contributed by atoms with Crippen molar-refractivity contribution in [3.05, 3.63) is 36.3 Å². The van der Waals surface area contributed by atoms with Crippen LogP contribution < -0.4 is 5.32 Å². The van der Waals surface area contributed by atoms with Crippen molar-refractivity contribution in [1.82, 2.24) is 9.55 Å². The number of hydrogen-bond donors (Lipinski definition) is 1. The number of rotatable bonds is 3. The molecule has 1 N–H and O–H groups in total. The quantitative estimate of drug-likeness (QED) is 0.817. The average molecular weight is 376 g/mol. The molecule has 0 saturated heterocycles. The molecule has 28 heavy (non-hydrogen) atoms. The molecule has 0 unspecified atom stereocenters. The maximum absolute atomic E-state index is 13.2. The predicted molar refractivity (Wildman–Crippen MR) is 110 cm³/mol. The van der Waals surface area contributed by atoms with Gasteiger partial charge in [0.15, 0.2) is 0 Å². The number of carbonyl (C=O) groups is 1. The molecule has 1 amide bonds. The van der Waals surface area contributed by atoms with Gasteiger partial charge in [-0.15, -0.1) is 0 Å². The van der Waals surface area contributed by atoms with Crippen LogP contribution in [0.4, 0.5) is 5.69 Å². The summed E-state index contributed by atoms with van der Waals surface area (Å²) < 4.78 is 2.29. The van der Waals surface area contributed by atoms with Gasteiger partial charge in [-0.1, -0.05) is 12.1 Å². The molecule has 0 atom stereocenters. The van der Waals surface area contributed by atoms with Crippen LogP contribution in [-0.2, 0) is 17.8 Å². The Morgan fingerprint density at radius 3 is 2.32 bits per heavy atom. The molecule has 1 aromatic heterocycles. The number of nitrogens with zero attached hydrogens (tertiary/aromatic N) is 2. The third-order valence-corrected chi connectivity index (χ3v) is 7.87. The fourth-order valence-electron chi connectivity index (χ4n) is 6.93. The highest BCUT2D eigenvalue weighted by atomic mass is 16.2. The Hall–Kier alpha value is -2.10. The molecule has 4 nitrogen and oxygen atoms in total. The van der Waals surface area contributed by atoms with Gasteiger partial charge in [0.25, 0.3) is 0 Å². The molecular formula is C24H29N3O. The highest BCUT2D eigenvalue weighted by molar-refractivity contribution is 5.95. The van der Waals surface area contributed by atoms with Gasteiger partial charge in [-0.25, -0.2) is 4.98 Å². The first kappa shape index (κ1) is 16.8. The second kappa shape index (κ2) is 6.20. The number of nitrogens with one attached hydrogen (secondary N) is 1. The van der Waals surface area contributed by atoms with E-state index in [4.69, 9.17) is 4.98 Å². The Labute approximate surface area is 166 Å². The van der Waals surface area contributed by atoms with Gasteiger partial charge in [-0.2, -0.15) is 0 Å². The van der Waals surface area contributed by atoms with Crippen LogP contribution in [0.25, 0.3) is 11.3 Å². The van der Waals surface area contributed by atoms with E-state index in [0.717, 1.165) is 66.9 Å². The van der Waals surface area contributed by atoms with Crippen molar-refractivity contribution in [2.45, 2.75) is 64.3 Å². The molecule has 0 spiro atoms. The zero-order valence-corrected chi connectivity index (χ0v) is 16.5. The van der Waals surface area contributed by atoms with Crippen LogP contribution in [0.3, 0.4) is 0 Å². The first-order valence-corrected chi connectivity index (χ1v) is 11.1. The second-order valence-corrected chi connectivity index (χ2v) is 9.92. The van der Waals surface area contributed by atoms with E-state index in [1.54, 1.807) is 0 Å². The third-order valence-electron chi connectivity index (χ3n) is 7.87. The van der Waals surface area contributed by atoms with E-state index in [0.29, 0.717) is 0 Å². The monoisotopic (exact) mass is 375 g/mol. The van der Waals surface area contributed by atoms with Crippen LogP contribution in [0.2, 0.25) is 0 Å². The van der Waals surface area contributed by atoms with E-state index in [1.165, 1.54) is 37.9 Å². The zero-order chi connectivity index (χ0) is 18.7. The highest BCUT2D eigenvalue weighted by Crippen LogP contribution is 2.60. The first-order chi connectivity index (χ1) is 13.7. The number of hydrogen-bond acceptors (Lipinski definition) is 2. The van der Waals surface area contributed by atoms with Crippen LogP contribution in [0.1, 0.15) is 57.2 Å². The molecular weight excluding hydrogens is 346 g/mol. The first-order valence-electron chi connectivity index (χ1n) is 11.1. The summed E-state index contributed by atoms with van der Waals surface area (Å²) in [6, 6.07) is 8.30. The van der Waals surface area contributed by atoms with Crippen molar-refractivity contribution in [3.63, 3.8) is 0 Å². The average Bonchev–Trinajstić information content (AvgIpc) is 3.12. The van der Waals surface area contributed by atoms with Gasteiger partial charge in [-0.05, 0) is 81.3 Å². The lowest BCUT2D eigenvalue weighted by molar-refractivity contribution is -0.140. The second-order valence-electron chi connectivity index (χ2n) is 9.92. The van der Waals surface area contributed by atoms with Crippen molar-refractivity contribution >= 4 is 11.6 Å². The maximum Gasteiger partial charge on any atom is 0.230 e. The summed E-state index contributed by atoms with van der Waals surface area (Å²) >= 11 is 0. The van der Waals surface area contributed by atoms with E-state index < -0.39 is 0 Å². The summed E-state index contributed by atoms with van der Waals surface area (Å²) in [5.74, 6) is 3.88. The number of aromatic nitrogens is 2. The van der Waals surface area contributed by atoms with E-state index in [9.17, 15) is 4.79 Å². The van der Waals surface area contributed by atoms with Crippen LogP contribution in [-0.4, -0.2) is 15.5 Å². The maximum atomic E-state index is 13.2. The van der Waals surface area contributed by atoms with E-state index in [-0.39, 0.29) is 11.3 Å². The van der Waals surface area contributed by atoms with Crippen molar-refractivity contribution in [1.29, 1.82) is 0 Å². The number of anilines is 1. The molecule has 5 aliphatic rings. The highest BCUT2D eigenvalue weighted by Gasteiger charge is 2.54.